The summed E-state index contributed by atoms with van der Waals surface area (Å²) < 4.78 is 11.3. The Morgan fingerprint density at radius 2 is 1.52 bits per heavy atom. The van der Waals surface area contributed by atoms with Crippen molar-refractivity contribution in [3.05, 3.63) is 35.4 Å². The summed E-state index contributed by atoms with van der Waals surface area (Å²) >= 11 is 1.53. The molecule has 0 aromatic heterocycles. The van der Waals surface area contributed by atoms with Crippen molar-refractivity contribution in [3.63, 3.8) is 0 Å². The van der Waals surface area contributed by atoms with Gasteiger partial charge in [-0.3, -0.25) is 0 Å². The summed E-state index contributed by atoms with van der Waals surface area (Å²) in [6, 6.07) is 7.78. The lowest BCUT2D eigenvalue weighted by molar-refractivity contribution is 0.0937. The maximum Gasteiger partial charge on any atom is 0.0848 e. The highest BCUT2D eigenvalue weighted by Gasteiger charge is 2.34. The largest absolute Gasteiger partial charge is 0.392 e. The Kier molecular flexibility index (Phi) is 7.21. The van der Waals surface area contributed by atoms with Crippen LogP contribution >= 0.6 is 12.0 Å². The molecule has 1 rings (SSSR count). The van der Waals surface area contributed by atoms with E-state index in [0.717, 1.165) is 11.1 Å². The molecule has 1 N–H and O–H groups in total. The van der Waals surface area contributed by atoms with Crippen molar-refractivity contribution >= 4 is 12.0 Å². The standard InChI is InChI=1S/C17H28O3S/c1-16(2,3)17(4,5)21-20-11-10-19-13-15-8-6-14(12-18)7-9-15/h6-9,18H,10-13H2,1-5H3. The third kappa shape index (κ3) is 6.39. The summed E-state index contributed by atoms with van der Waals surface area (Å²) in [6.45, 7) is 12.9. The lowest BCUT2D eigenvalue weighted by Gasteiger charge is -2.36. The molecule has 0 aliphatic carbocycles. The summed E-state index contributed by atoms with van der Waals surface area (Å²) in [6.07, 6.45) is 0. The average molecular weight is 312 g/mol. The zero-order valence-corrected chi connectivity index (χ0v) is 14.6. The molecule has 0 aliphatic rings. The molecule has 0 aliphatic heterocycles. The van der Waals surface area contributed by atoms with Gasteiger partial charge in [-0.1, -0.05) is 45.0 Å². The van der Waals surface area contributed by atoms with E-state index < -0.39 is 0 Å². The van der Waals surface area contributed by atoms with E-state index >= 15 is 0 Å². The number of benzene rings is 1. The molecule has 0 spiro atoms. The average Bonchev–Trinajstić information content (AvgIpc) is 2.42. The van der Waals surface area contributed by atoms with Crippen molar-refractivity contribution in [2.45, 2.75) is 52.6 Å². The number of ether oxygens (including phenoxy) is 1. The molecule has 0 saturated carbocycles. The van der Waals surface area contributed by atoms with Gasteiger partial charge in [-0.05, 0) is 42.4 Å². The first-order chi connectivity index (χ1) is 9.76. The number of hydrogen-bond donors (Lipinski definition) is 1. The van der Waals surface area contributed by atoms with Gasteiger partial charge < -0.3 is 14.0 Å². The van der Waals surface area contributed by atoms with E-state index in [1.165, 1.54) is 12.0 Å². The molecular formula is C17H28O3S. The van der Waals surface area contributed by atoms with Crippen molar-refractivity contribution in [1.82, 2.24) is 0 Å². The fraction of sp³-hybridized carbons (Fsp3) is 0.647. The van der Waals surface area contributed by atoms with E-state index in [9.17, 15) is 0 Å². The predicted octanol–water partition coefficient (Wildman–Crippen LogP) is 4.19. The highest BCUT2D eigenvalue weighted by atomic mass is 32.2. The molecule has 1 aromatic rings. The van der Waals surface area contributed by atoms with Gasteiger partial charge in [0.25, 0.3) is 0 Å². The van der Waals surface area contributed by atoms with Crippen LogP contribution in [0.15, 0.2) is 24.3 Å². The lowest BCUT2D eigenvalue weighted by Crippen LogP contribution is -2.33. The van der Waals surface area contributed by atoms with Crippen LogP contribution in [-0.4, -0.2) is 23.1 Å². The van der Waals surface area contributed by atoms with Crippen LogP contribution in [-0.2, 0) is 22.1 Å². The van der Waals surface area contributed by atoms with Gasteiger partial charge in [-0.25, -0.2) is 0 Å². The van der Waals surface area contributed by atoms with E-state index in [-0.39, 0.29) is 16.8 Å². The first-order valence-corrected chi connectivity index (χ1v) is 8.07. The normalized spacial score (nSPS) is 12.7. The monoisotopic (exact) mass is 312 g/mol. The van der Waals surface area contributed by atoms with Gasteiger partial charge >= 0.3 is 0 Å². The molecule has 21 heavy (non-hydrogen) atoms. The SMILES string of the molecule is CC(C)(C)C(C)(C)SOCCOCc1ccc(CO)cc1. The summed E-state index contributed by atoms with van der Waals surface area (Å²) in [5.74, 6) is 0. The Balaban J connectivity index is 2.17. The van der Waals surface area contributed by atoms with Gasteiger partial charge in [0.2, 0.25) is 0 Å². The van der Waals surface area contributed by atoms with Gasteiger partial charge in [0.1, 0.15) is 0 Å². The third-order valence-electron chi connectivity index (χ3n) is 3.86. The Labute approximate surface area is 133 Å². The van der Waals surface area contributed by atoms with Crippen LogP contribution in [0.1, 0.15) is 45.7 Å². The van der Waals surface area contributed by atoms with E-state index in [0.29, 0.717) is 19.8 Å². The zero-order valence-electron chi connectivity index (χ0n) is 13.8. The molecule has 120 valence electrons. The number of aliphatic hydroxyl groups is 1. The summed E-state index contributed by atoms with van der Waals surface area (Å²) in [7, 11) is 0. The first-order valence-electron chi connectivity index (χ1n) is 7.33. The van der Waals surface area contributed by atoms with Crippen LogP contribution in [0.4, 0.5) is 0 Å². The second-order valence-electron chi connectivity index (χ2n) is 6.69. The van der Waals surface area contributed by atoms with Crippen molar-refractivity contribution < 1.29 is 14.0 Å². The Morgan fingerprint density at radius 1 is 0.952 bits per heavy atom. The summed E-state index contributed by atoms with van der Waals surface area (Å²) in [4.78, 5) is 0. The Hall–Kier alpha value is -0.550. The topological polar surface area (TPSA) is 38.7 Å². The molecule has 1 aromatic carbocycles. The molecule has 4 heteroatoms. The second kappa shape index (κ2) is 8.18. The van der Waals surface area contributed by atoms with Crippen LogP contribution < -0.4 is 0 Å². The molecule has 0 saturated heterocycles. The number of hydrogen-bond acceptors (Lipinski definition) is 4. The minimum Gasteiger partial charge on any atom is -0.392 e. The highest BCUT2D eigenvalue weighted by Crippen LogP contribution is 2.41. The molecule has 0 bridgehead atoms. The lowest BCUT2D eigenvalue weighted by atomic mass is 9.83. The third-order valence-corrected chi connectivity index (χ3v) is 5.17. The Bertz CT molecular complexity index is 407. The van der Waals surface area contributed by atoms with Gasteiger partial charge in [0.05, 0.1) is 26.4 Å². The van der Waals surface area contributed by atoms with Crippen LogP contribution in [0.2, 0.25) is 0 Å². The van der Waals surface area contributed by atoms with Crippen molar-refractivity contribution in [1.29, 1.82) is 0 Å². The molecule has 0 amide bonds. The molecule has 0 atom stereocenters. The van der Waals surface area contributed by atoms with Crippen LogP contribution in [0.3, 0.4) is 0 Å². The van der Waals surface area contributed by atoms with Crippen LogP contribution in [0, 0.1) is 5.41 Å². The fourth-order valence-corrected chi connectivity index (χ4v) is 2.03. The van der Waals surface area contributed by atoms with E-state index in [1.807, 2.05) is 24.3 Å². The van der Waals surface area contributed by atoms with Crippen LogP contribution in [0.25, 0.3) is 0 Å². The van der Waals surface area contributed by atoms with Crippen molar-refractivity contribution in [2.24, 2.45) is 5.41 Å². The molecule has 0 heterocycles. The van der Waals surface area contributed by atoms with Crippen molar-refractivity contribution in [2.75, 3.05) is 13.2 Å². The number of aliphatic hydroxyl groups excluding tert-OH is 1. The van der Waals surface area contributed by atoms with Gasteiger partial charge in [0.15, 0.2) is 0 Å². The van der Waals surface area contributed by atoms with E-state index in [4.69, 9.17) is 14.0 Å². The molecular weight excluding hydrogens is 284 g/mol. The van der Waals surface area contributed by atoms with Gasteiger partial charge in [-0.2, -0.15) is 0 Å². The Morgan fingerprint density at radius 3 is 2.05 bits per heavy atom. The molecule has 0 radical (unpaired) electrons. The molecule has 0 unspecified atom stereocenters. The summed E-state index contributed by atoms with van der Waals surface area (Å²) in [5, 5.41) is 8.97. The second-order valence-corrected chi connectivity index (χ2v) is 8.12. The van der Waals surface area contributed by atoms with Gasteiger partial charge in [0, 0.05) is 4.75 Å². The minimum absolute atomic E-state index is 0.0626. The maximum atomic E-state index is 8.97. The molecule has 3 nitrogen and oxygen atoms in total. The van der Waals surface area contributed by atoms with Crippen molar-refractivity contribution in [3.8, 4) is 0 Å². The summed E-state index contributed by atoms with van der Waals surface area (Å²) in [5.41, 5.74) is 2.21. The maximum absolute atomic E-state index is 8.97. The van der Waals surface area contributed by atoms with Gasteiger partial charge in [-0.15, -0.1) is 0 Å². The quantitative estimate of drug-likeness (QED) is 0.577. The fourth-order valence-electron chi connectivity index (χ4n) is 1.34. The van der Waals surface area contributed by atoms with E-state index in [1.54, 1.807) is 0 Å². The predicted molar refractivity (Wildman–Crippen MR) is 89.1 cm³/mol. The smallest absolute Gasteiger partial charge is 0.0848 e. The van der Waals surface area contributed by atoms with E-state index in [2.05, 4.69) is 34.6 Å². The number of rotatable bonds is 8. The highest BCUT2D eigenvalue weighted by molar-refractivity contribution is 7.96. The van der Waals surface area contributed by atoms with Crippen LogP contribution in [0.5, 0.6) is 0 Å². The zero-order chi connectivity index (χ0) is 15.9. The molecule has 0 fully saturated rings. The first kappa shape index (κ1) is 18.5. The minimum atomic E-state index is 0.0626.